The van der Waals surface area contributed by atoms with Crippen LogP contribution in [-0.2, 0) is 16.6 Å². The van der Waals surface area contributed by atoms with Gasteiger partial charge in [-0.15, -0.1) is 0 Å². The van der Waals surface area contributed by atoms with Gasteiger partial charge in [-0.05, 0) is 43.3 Å². The number of benzene rings is 3. The van der Waals surface area contributed by atoms with Gasteiger partial charge in [-0.25, -0.2) is 21.6 Å². The fraction of sp³-hybridized carbons (Fsp3) is 0.214. The lowest BCUT2D eigenvalue weighted by atomic mass is 10.1. The van der Waals surface area contributed by atoms with E-state index in [-0.39, 0.29) is 29.0 Å². The first-order valence-electron chi connectivity index (χ1n) is 12.3. The summed E-state index contributed by atoms with van der Waals surface area (Å²) in [5.74, 6) is -3.09. The van der Waals surface area contributed by atoms with Gasteiger partial charge in [-0.3, -0.25) is 19.4 Å². The van der Waals surface area contributed by atoms with E-state index in [1.165, 1.54) is 24.4 Å². The van der Waals surface area contributed by atoms with Crippen molar-refractivity contribution in [3.05, 3.63) is 102 Å². The number of nitrogens with zero attached hydrogens (tertiary/aromatic N) is 3. The molecule has 202 valence electrons. The van der Waals surface area contributed by atoms with Gasteiger partial charge in [0.2, 0.25) is 0 Å². The van der Waals surface area contributed by atoms with Gasteiger partial charge in [-0.1, -0.05) is 18.2 Å². The van der Waals surface area contributed by atoms with Crippen LogP contribution in [0, 0.1) is 17.5 Å². The standard InChI is InChI=1S/C28H25F3N4O3S/c1-18-16-34(17-23-24(30)14-21(29)15-25(23)31)12-13-35(18)28(36)20-7-9-22(10-8-20)33-39(37,38)26-6-2-4-19-5-3-11-32-27(19)26/h2-11,14-15,18,33H,12-13,16-17H2,1H3/t18-/m0/s1. The Balaban J connectivity index is 1.24. The van der Waals surface area contributed by atoms with Crippen molar-refractivity contribution in [3.8, 4) is 0 Å². The molecule has 0 aliphatic carbocycles. The number of carbonyl (C=O) groups is 1. The fourth-order valence-electron chi connectivity index (χ4n) is 4.77. The van der Waals surface area contributed by atoms with Crippen LogP contribution in [0.2, 0.25) is 0 Å². The number of anilines is 1. The van der Waals surface area contributed by atoms with Crippen LogP contribution in [0.3, 0.4) is 0 Å². The molecule has 2 heterocycles. The Morgan fingerprint density at radius 1 is 1.00 bits per heavy atom. The van der Waals surface area contributed by atoms with Gasteiger partial charge in [0.05, 0.1) is 5.52 Å². The second kappa shape index (κ2) is 10.7. The molecule has 39 heavy (non-hydrogen) atoms. The summed E-state index contributed by atoms with van der Waals surface area (Å²) >= 11 is 0. The van der Waals surface area contributed by atoms with Gasteiger partial charge in [-0.2, -0.15) is 0 Å². The molecule has 1 saturated heterocycles. The summed E-state index contributed by atoms with van der Waals surface area (Å²) < 4.78 is 70.0. The van der Waals surface area contributed by atoms with Crippen molar-refractivity contribution in [1.29, 1.82) is 0 Å². The molecule has 0 bridgehead atoms. The molecule has 11 heteroatoms. The Hall–Kier alpha value is -3.96. The van der Waals surface area contributed by atoms with Gasteiger partial charge in [0.1, 0.15) is 22.3 Å². The molecule has 0 spiro atoms. The number of nitrogens with one attached hydrogen (secondary N) is 1. The summed E-state index contributed by atoms with van der Waals surface area (Å²) in [7, 11) is -3.93. The average molecular weight is 555 g/mol. The largest absolute Gasteiger partial charge is 0.333 e. The smallest absolute Gasteiger partial charge is 0.264 e. The predicted molar refractivity (Wildman–Crippen MR) is 141 cm³/mol. The zero-order chi connectivity index (χ0) is 27.7. The van der Waals surface area contributed by atoms with Crippen LogP contribution in [-0.4, -0.2) is 54.8 Å². The highest BCUT2D eigenvalue weighted by Crippen LogP contribution is 2.25. The summed E-state index contributed by atoms with van der Waals surface area (Å²) in [6, 6.07) is 15.6. The topological polar surface area (TPSA) is 82.6 Å². The zero-order valence-corrected chi connectivity index (χ0v) is 21.8. The number of hydrogen-bond acceptors (Lipinski definition) is 5. The zero-order valence-electron chi connectivity index (χ0n) is 20.9. The van der Waals surface area contributed by atoms with Crippen LogP contribution in [0.5, 0.6) is 0 Å². The first-order chi connectivity index (χ1) is 18.6. The lowest BCUT2D eigenvalue weighted by molar-refractivity contribution is 0.0471. The third-order valence-electron chi connectivity index (χ3n) is 6.73. The van der Waals surface area contributed by atoms with Crippen LogP contribution in [0.25, 0.3) is 10.9 Å². The van der Waals surface area contributed by atoms with Crippen LogP contribution in [0.4, 0.5) is 18.9 Å². The molecule has 5 rings (SSSR count). The Morgan fingerprint density at radius 2 is 1.69 bits per heavy atom. The number of piperazine rings is 1. The van der Waals surface area contributed by atoms with E-state index in [9.17, 15) is 26.4 Å². The van der Waals surface area contributed by atoms with Gasteiger partial charge in [0.25, 0.3) is 15.9 Å². The number of aromatic nitrogens is 1. The SMILES string of the molecule is C[C@H]1CN(Cc2c(F)cc(F)cc2F)CCN1C(=O)c1ccc(NS(=O)(=O)c2cccc3cccnc23)cc1. The minimum atomic E-state index is -3.93. The number of halogens is 3. The van der Waals surface area contributed by atoms with Crippen molar-refractivity contribution in [2.75, 3.05) is 24.4 Å². The van der Waals surface area contributed by atoms with Crippen molar-refractivity contribution in [1.82, 2.24) is 14.8 Å². The van der Waals surface area contributed by atoms with Gasteiger partial charge < -0.3 is 4.90 Å². The van der Waals surface area contributed by atoms with E-state index < -0.39 is 27.5 Å². The highest BCUT2D eigenvalue weighted by atomic mass is 32.2. The summed E-state index contributed by atoms with van der Waals surface area (Å²) in [5, 5.41) is 0.698. The summed E-state index contributed by atoms with van der Waals surface area (Å²) in [6.07, 6.45) is 1.53. The van der Waals surface area contributed by atoms with Crippen LogP contribution in [0.1, 0.15) is 22.8 Å². The quantitative estimate of drug-likeness (QED) is 0.370. The predicted octanol–water partition coefficient (Wildman–Crippen LogP) is 4.80. The monoisotopic (exact) mass is 554 g/mol. The van der Waals surface area contributed by atoms with E-state index in [1.807, 2.05) is 11.8 Å². The molecular weight excluding hydrogens is 529 g/mol. The first kappa shape index (κ1) is 26.6. The number of rotatable bonds is 6. The maximum atomic E-state index is 14.1. The van der Waals surface area contributed by atoms with Crippen molar-refractivity contribution >= 4 is 32.5 Å². The fourth-order valence-corrected chi connectivity index (χ4v) is 6.01. The van der Waals surface area contributed by atoms with Gasteiger partial charge in [0.15, 0.2) is 0 Å². The first-order valence-corrected chi connectivity index (χ1v) is 13.7. The third-order valence-corrected chi connectivity index (χ3v) is 8.14. The molecule has 1 aromatic heterocycles. The lowest BCUT2D eigenvalue weighted by Crippen LogP contribution is -2.53. The lowest BCUT2D eigenvalue weighted by Gasteiger charge is -2.40. The maximum absolute atomic E-state index is 14.1. The normalized spacial score (nSPS) is 16.4. The van der Waals surface area contributed by atoms with E-state index >= 15 is 0 Å². The highest BCUT2D eigenvalue weighted by Gasteiger charge is 2.29. The molecule has 1 amide bonds. The molecule has 0 radical (unpaired) electrons. The second-order valence-electron chi connectivity index (χ2n) is 9.44. The molecular formula is C28H25F3N4O3S. The van der Waals surface area contributed by atoms with E-state index in [1.54, 1.807) is 41.3 Å². The molecule has 1 aliphatic rings. The minimum absolute atomic E-state index is 0.0363. The molecule has 1 aliphatic heterocycles. The molecule has 1 N–H and O–H groups in total. The summed E-state index contributed by atoms with van der Waals surface area (Å²) in [6.45, 7) is 2.88. The molecule has 4 aromatic rings. The molecule has 3 aromatic carbocycles. The van der Waals surface area contributed by atoms with Gasteiger partial charge in [0, 0.05) is 72.8 Å². The second-order valence-corrected chi connectivity index (χ2v) is 11.1. The third kappa shape index (κ3) is 5.59. The number of para-hydroxylation sites is 1. The molecule has 1 atom stereocenters. The molecule has 0 unspecified atom stereocenters. The van der Waals surface area contributed by atoms with Gasteiger partial charge >= 0.3 is 0 Å². The number of carbonyl (C=O) groups excluding carboxylic acids is 1. The van der Waals surface area contributed by atoms with Crippen molar-refractivity contribution in [2.24, 2.45) is 0 Å². The van der Waals surface area contributed by atoms with Crippen molar-refractivity contribution < 1.29 is 26.4 Å². The van der Waals surface area contributed by atoms with Crippen LogP contribution < -0.4 is 4.72 Å². The van der Waals surface area contributed by atoms with E-state index in [0.29, 0.717) is 53.9 Å². The number of hydrogen-bond donors (Lipinski definition) is 1. The number of pyridine rings is 1. The summed E-state index contributed by atoms with van der Waals surface area (Å²) in [4.78, 5) is 20.9. The highest BCUT2D eigenvalue weighted by molar-refractivity contribution is 7.93. The Bertz CT molecular complexity index is 1620. The molecule has 0 saturated carbocycles. The van der Waals surface area contributed by atoms with E-state index in [4.69, 9.17) is 0 Å². The number of amides is 1. The van der Waals surface area contributed by atoms with E-state index in [2.05, 4.69) is 9.71 Å². The summed E-state index contributed by atoms with van der Waals surface area (Å²) in [5.41, 5.74) is 0.819. The number of fused-ring (bicyclic) bond motifs is 1. The Morgan fingerprint density at radius 3 is 2.38 bits per heavy atom. The minimum Gasteiger partial charge on any atom is -0.333 e. The Labute approximate surface area is 223 Å². The maximum Gasteiger partial charge on any atom is 0.264 e. The van der Waals surface area contributed by atoms with E-state index in [0.717, 1.165) is 0 Å². The van der Waals surface area contributed by atoms with Crippen LogP contribution in [0.15, 0.2) is 77.8 Å². The average Bonchev–Trinajstić information content (AvgIpc) is 2.90. The Kier molecular flexibility index (Phi) is 7.28. The number of sulfonamides is 1. The van der Waals surface area contributed by atoms with Crippen LogP contribution >= 0.6 is 0 Å². The molecule has 7 nitrogen and oxygen atoms in total. The molecule has 1 fully saturated rings. The van der Waals surface area contributed by atoms with Crippen molar-refractivity contribution in [2.45, 2.75) is 24.4 Å². The van der Waals surface area contributed by atoms with Crippen molar-refractivity contribution in [3.63, 3.8) is 0 Å².